The van der Waals surface area contributed by atoms with Crippen LogP contribution in [-0.2, 0) is 0 Å². The predicted molar refractivity (Wildman–Crippen MR) is 49.3 cm³/mol. The zero-order valence-electron chi connectivity index (χ0n) is 6.77. The molecule has 0 radical (unpaired) electrons. The number of benzene rings is 1. The van der Waals surface area contributed by atoms with Crippen molar-refractivity contribution in [2.45, 2.75) is 0 Å². The molecule has 0 fully saturated rings. The molecule has 14 heavy (non-hydrogen) atoms. The molecule has 2 aromatic rings. The van der Waals surface area contributed by atoms with Crippen LogP contribution in [0.4, 0.5) is 0 Å². The van der Waals surface area contributed by atoms with Crippen molar-refractivity contribution in [1.29, 1.82) is 0 Å². The molecule has 1 aromatic carbocycles. The number of halogens is 1. The van der Waals surface area contributed by atoms with Gasteiger partial charge in [0.25, 0.3) is 0 Å². The zero-order chi connectivity index (χ0) is 9.97. The number of ether oxygens (including phenoxy) is 1. The Kier molecular flexibility index (Phi) is 2.36. The third-order valence-electron chi connectivity index (χ3n) is 1.40. The predicted octanol–water partition coefficient (Wildman–Crippen LogP) is 2.18. The van der Waals surface area contributed by atoms with Crippen LogP contribution in [0.2, 0.25) is 0 Å². The molecule has 0 saturated heterocycles. The average Bonchev–Trinajstić information content (AvgIpc) is 2.56. The van der Waals surface area contributed by atoms with Gasteiger partial charge < -0.3 is 9.15 Å². The number of para-hydroxylation sites is 1. The normalized spacial score (nSPS) is 10.1. The summed E-state index contributed by atoms with van der Waals surface area (Å²) in [5.41, 5.74) is 0. The van der Waals surface area contributed by atoms with Gasteiger partial charge in [-0.05, 0) is 28.1 Å². The van der Waals surface area contributed by atoms with Crippen LogP contribution >= 0.6 is 15.9 Å². The van der Waals surface area contributed by atoms with Crippen molar-refractivity contribution < 1.29 is 13.7 Å². The fraction of sp³-hybridized carbons (Fsp3) is 0. The van der Waals surface area contributed by atoms with E-state index in [9.17, 15) is 4.79 Å². The standard InChI is InChI=1S/C8H4BrNO4/c9-5-3-1-2-4-6(5)12-7-10-14-8(11)13-7/h1-4H. The van der Waals surface area contributed by atoms with Crippen LogP contribution in [0.5, 0.6) is 11.8 Å². The van der Waals surface area contributed by atoms with Crippen LogP contribution in [0, 0.1) is 0 Å². The molecule has 0 aliphatic carbocycles. The number of nitrogens with zero attached hydrogens (tertiary/aromatic N) is 1. The molecule has 5 nitrogen and oxygen atoms in total. The van der Waals surface area contributed by atoms with E-state index in [1.165, 1.54) is 0 Å². The first-order valence-corrected chi connectivity index (χ1v) is 4.44. The molecule has 0 unspecified atom stereocenters. The Morgan fingerprint density at radius 2 is 2.14 bits per heavy atom. The van der Waals surface area contributed by atoms with Gasteiger partial charge in [-0.15, -0.1) is 0 Å². The molecule has 0 aliphatic heterocycles. The molecule has 2 rings (SSSR count). The van der Waals surface area contributed by atoms with E-state index in [-0.39, 0.29) is 6.08 Å². The topological polar surface area (TPSA) is 65.5 Å². The Morgan fingerprint density at radius 3 is 2.79 bits per heavy atom. The van der Waals surface area contributed by atoms with Crippen molar-refractivity contribution in [3.05, 3.63) is 39.4 Å². The monoisotopic (exact) mass is 257 g/mol. The lowest BCUT2D eigenvalue weighted by atomic mass is 10.3. The van der Waals surface area contributed by atoms with Gasteiger partial charge in [-0.25, -0.2) is 4.79 Å². The second-order valence-corrected chi connectivity index (χ2v) is 3.19. The van der Waals surface area contributed by atoms with Gasteiger partial charge in [0.05, 0.1) is 4.47 Å². The molecular weight excluding hydrogens is 254 g/mol. The Morgan fingerprint density at radius 1 is 1.36 bits per heavy atom. The molecule has 1 heterocycles. The summed E-state index contributed by atoms with van der Waals surface area (Å²) in [5.74, 6) is -0.406. The lowest BCUT2D eigenvalue weighted by Crippen LogP contribution is -1.87. The van der Waals surface area contributed by atoms with Gasteiger partial charge in [-0.1, -0.05) is 12.1 Å². The molecule has 0 atom stereocenters. The molecular formula is C8H4BrNO4. The van der Waals surface area contributed by atoms with Gasteiger partial charge in [-0.2, -0.15) is 0 Å². The summed E-state index contributed by atoms with van der Waals surface area (Å²) in [4.78, 5) is 10.5. The van der Waals surface area contributed by atoms with Crippen LogP contribution in [0.15, 0.2) is 42.5 Å². The van der Waals surface area contributed by atoms with E-state index in [2.05, 4.69) is 30.0 Å². The first-order valence-electron chi connectivity index (χ1n) is 3.65. The summed E-state index contributed by atoms with van der Waals surface area (Å²) in [7, 11) is 0. The summed E-state index contributed by atoms with van der Waals surface area (Å²) in [6.45, 7) is 0. The fourth-order valence-corrected chi connectivity index (χ4v) is 1.21. The van der Waals surface area contributed by atoms with Crippen LogP contribution < -0.4 is 10.6 Å². The molecule has 72 valence electrons. The number of hydrogen-bond donors (Lipinski definition) is 0. The smallest absolute Gasteiger partial charge is 0.408 e. The SMILES string of the molecule is O=c1onc(Oc2ccccc2Br)o1. The maximum atomic E-state index is 10.5. The zero-order valence-corrected chi connectivity index (χ0v) is 8.35. The molecule has 0 N–H and O–H groups in total. The van der Waals surface area contributed by atoms with E-state index in [1.807, 2.05) is 6.07 Å². The van der Waals surface area contributed by atoms with Crippen LogP contribution in [0.1, 0.15) is 0 Å². The summed E-state index contributed by atoms with van der Waals surface area (Å²) in [5, 5.41) is 3.25. The van der Waals surface area contributed by atoms with Gasteiger partial charge in [-0.3, -0.25) is 4.52 Å². The highest BCUT2D eigenvalue weighted by Gasteiger charge is 2.07. The first kappa shape index (κ1) is 9.01. The summed E-state index contributed by atoms with van der Waals surface area (Å²) in [6.07, 6.45) is -0.220. The molecule has 0 aliphatic rings. The Balaban J connectivity index is 2.27. The maximum Gasteiger partial charge on any atom is 0.544 e. The highest BCUT2D eigenvalue weighted by atomic mass is 79.9. The maximum absolute atomic E-state index is 10.5. The van der Waals surface area contributed by atoms with Gasteiger partial charge in [0, 0.05) is 5.16 Å². The fourth-order valence-electron chi connectivity index (χ4n) is 0.844. The van der Waals surface area contributed by atoms with E-state index in [4.69, 9.17) is 4.74 Å². The number of hydrogen-bond acceptors (Lipinski definition) is 5. The van der Waals surface area contributed by atoms with Crippen LogP contribution in [0.25, 0.3) is 0 Å². The first-order chi connectivity index (χ1) is 6.75. The minimum atomic E-state index is -0.896. The van der Waals surface area contributed by atoms with Crippen molar-refractivity contribution in [1.82, 2.24) is 5.16 Å². The summed E-state index contributed by atoms with van der Waals surface area (Å²) < 4.78 is 14.5. The van der Waals surface area contributed by atoms with Gasteiger partial charge in [0.2, 0.25) is 0 Å². The van der Waals surface area contributed by atoms with Crippen molar-refractivity contribution in [2.24, 2.45) is 0 Å². The van der Waals surface area contributed by atoms with Gasteiger partial charge >= 0.3 is 11.9 Å². The van der Waals surface area contributed by atoms with Crippen molar-refractivity contribution in [3.8, 4) is 11.8 Å². The third kappa shape index (κ3) is 1.85. The van der Waals surface area contributed by atoms with Crippen molar-refractivity contribution in [3.63, 3.8) is 0 Å². The number of rotatable bonds is 2. The van der Waals surface area contributed by atoms with E-state index >= 15 is 0 Å². The van der Waals surface area contributed by atoms with Crippen molar-refractivity contribution in [2.75, 3.05) is 0 Å². The lowest BCUT2D eigenvalue weighted by molar-refractivity contribution is 0.313. The average molecular weight is 258 g/mol. The van der Waals surface area contributed by atoms with Crippen LogP contribution in [0.3, 0.4) is 0 Å². The third-order valence-corrected chi connectivity index (χ3v) is 2.05. The number of aromatic nitrogens is 1. The van der Waals surface area contributed by atoms with E-state index in [0.29, 0.717) is 5.75 Å². The van der Waals surface area contributed by atoms with Gasteiger partial charge in [0.15, 0.2) is 0 Å². The Hall–Kier alpha value is -1.56. The highest BCUT2D eigenvalue weighted by Crippen LogP contribution is 2.27. The molecule has 6 heteroatoms. The second-order valence-electron chi connectivity index (χ2n) is 2.33. The van der Waals surface area contributed by atoms with E-state index < -0.39 is 5.82 Å². The molecule has 0 spiro atoms. The molecule has 0 bridgehead atoms. The molecule has 1 aromatic heterocycles. The summed E-state index contributed by atoms with van der Waals surface area (Å²) in [6, 6.07) is 7.08. The minimum Gasteiger partial charge on any atom is -0.408 e. The second kappa shape index (κ2) is 3.67. The molecule has 0 amide bonds. The summed E-state index contributed by atoms with van der Waals surface area (Å²) >= 11 is 3.26. The Labute approximate surface area is 86.4 Å². The lowest BCUT2D eigenvalue weighted by Gasteiger charge is -2.00. The quantitative estimate of drug-likeness (QED) is 0.825. The van der Waals surface area contributed by atoms with Crippen molar-refractivity contribution >= 4 is 15.9 Å². The minimum absolute atomic E-state index is 0.220. The largest absolute Gasteiger partial charge is 0.544 e. The molecule has 0 saturated carbocycles. The van der Waals surface area contributed by atoms with E-state index in [1.54, 1.807) is 18.2 Å². The van der Waals surface area contributed by atoms with E-state index in [0.717, 1.165) is 4.47 Å². The Bertz CT molecular complexity index is 490. The van der Waals surface area contributed by atoms with Gasteiger partial charge in [0.1, 0.15) is 5.75 Å². The highest BCUT2D eigenvalue weighted by molar-refractivity contribution is 9.10. The van der Waals surface area contributed by atoms with Crippen LogP contribution in [-0.4, -0.2) is 5.16 Å².